The first-order valence-corrected chi connectivity index (χ1v) is 11.1. The van der Waals surface area contributed by atoms with Crippen molar-refractivity contribution in [3.63, 3.8) is 0 Å². The lowest BCUT2D eigenvalue weighted by Crippen LogP contribution is -2.50. The van der Waals surface area contributed by atoms with Gasteiger partial charge in [-0.15, -0.1) is 0 Å². The van der Waals surface area contributed by atoms with Crippen molar-refractivity contribution in [2.45, 2.75) is 50.4 Å². The lowest BCUT2D eigenvalue weighted by Gasteiger charge is -2.39. The van der Waals surface area contributed by atoms with E-state index >= 15 is 0 Å². The Hall–Kier alpha value is -3.05. The maximum atomic E-state index is 13.2. The molecule has 2 bridgehead atoms. The molecule has 0 radical (unpaired) electrons. The molecule has 2 aliphatic heterocycles. The van der Waals surface area contributed by atoms with E-state index in [4.69, 9.17) is 10.5 Å². The summed E-state index contributed by atoms with van der Waals surface area (Å²) < 4.78 is 5.64. The Labute approximate surface area is 183 Å². The summed E-state index contributed by atoms with van der Waals surface area (Å²) in [7, 11) is 1.61. The normalized spacial score (nSPS) is 23.1. The monoisotopic (exact) mass is 415 g/mol. The zero-order chi connectivity index (χ0) is 21.4. The van der Waals surface area contributed by atoms with Crippen molar-refractivity contribution in [1.29, 1.82) is 0 Å². The van der Waals surface area contributed by atoms with E-state index in [0.29, 0.717) is 29.1 Å². The fourth-order valence-corrected chi connectivity index (χ4v) is 5.47. The molecule has 5 rings (SSSR count). The van der Waals surface area contributed by atoms with Gasteiger partial charge in [-0.3, -0.25) is 9.69 Å². The summed E-state index contributed by atoms with van der Waals surface area (Å²) in [5, 5.41) is 5.06. The number of piperidine rings is 1. The molecule has 0 aliphatic carbocycles. The van der Waals surface area contributed by atoms with Gasteiger partial charge in [0.05, 0.1) is 12.7 Å². The van der Waals surface area contributed by atoms with Crippen molar-refractivity contribution in [2.24, 2.45) is 0 Å². The third-order valence-electron chi connectivity index (χ3n) is 6.90. The third kappa shape index (κ3) is 3.74. The van der Waals surface area contributed by atoms with Crippen molar-refractivity contribution in [3.05, 3.63) is 71.8 Å². The molecule has 5 nitrogen and oxygen atoms in total. The molecule has 2 heterocycles. The standard InChI is InChI=1S/C26H29N3O2/c1-31-25-22-10-6-5-9-21(22)24(27)15-23(25)26(30)28-18-13-19-11-12-20(14-18)29(19)16-17-7-3-2-4-8-17/h2-10,15,18-20H,11-14,16,27H2,1H3,(H,28,30). The highest BCUT2D eigenvalue weighted by Crippen LogP contribution is 2.38. The molecule has 3 aromatic carbocycles. The number of nitrogen functional groups attached to an aromatic ring is 1. The minimum atomic E-state index is -0.102. The number of anilines is 1. The van der Waals surface area contributed by atoms with Gasteiger partial charge in [-0.2, -0.15) is 0 Å². The number of fused-ring (bicyclic) bond motifs is 3. The molecule has 3 N–H and O–H groups in total. The molecule has 0 aromatic heterocycles. The topological polar surface area (TPSA) is 67.6 Å². The zero-order valence-corrected chi connectivity index (χ0v) is 17.9. The van der Waals surface area contributed by atoms with E-state index in [1.165, 1.54) is 18.4 Å². The Morgan fingerprint density at radius 1 is 1.03 bits per heavy atom. The summed E-state index contributed by atoms with van der Waals surface area (Å²) >= 11 is 0. The van der Waals surface area contributed by atoms with E-state index < -0.39 is 0 Å². The van der Waals surface area contributed by atoms with Gasteiger partial charge in [0.15, 0.2) is 0 Å². The van der Waals surface area contributed by atoms with Gasteiger partial charge in [0, 0.05) is 41.1 Å². The van der Waals surface area contributed by atoms with Gasteiger partial charge in [-0.25, -0.2) is 0 Å². The number of ether oxygens (including phenoxy) is 1. The summed E-state index contributed by atoms with van der Waals surface area (Å²) in [4.78, 5) is 15.9. The molecule has 0 spiro atoms. The first-order chi connectivity index (χ1) is 15.1. The number of nitrogens with two attached hydrogens (primary N) is 1. The number of methoxy groups -OCH3 is 1. The van der Waals surface area contributed by atoms with Crippen LogP contribution in [-0.2, 0) is 6.54 Å². The lowest BCUT2D eigenvalue weighted by molar-refractivity contribution is 0.0825. The van der Waals surface area contributed by atoms with Gasteiger partial charge in [-0.05, 0) is 37.3 Å². The molecule has 2 unspecified atom stereocenters. The van der Waals surface area contributed by atoms with E-state index in [2.05, 4.69) is 40.5 Å². The predicted octanol–water partition coefficient (Wildman–Crippen LogP) is 4.36. The van der Waals surface area contributed by atoms with E-state index in [1.807, 2.05) is 24.3 Å². The van der Waals surface area contributed by atoms with Crippen LogP contribution in [0.3, 0.4) is 0 Å². The van der Waals surface area contributed by atoms with E-state index in [9.17, 15) is 4.79 Å². The fourth-order valence-electron chi connectivity index (χ4n) is 5.47. The van der Waals surface area contributed by atoms with Crippen LogP contribution in [0.15, 0.2) is 60.7 Å². The average Bonchev–Trinajstić information content (AvgIpc) is 3.02. The Kier molecular flexibility index (Phi) is 5.28. The zero-order valence-electron chi connectivity index (χ0n) is 17.9. The summed E-state index contributed by atoms with van der Waals surface area (Å²) in [5.74, 6) is 0.488. The maximum absolute atomic E-state index is 13.2. The Morgan fingerprint density at radius 3 is 2.35 bits per heavy atom. The predicted molar refractivity (Wildman–Crippen MR) is 124 cm³/mol. The van der Waals surface area contributed by atoms with Crippen LogP contribution >= 0.6 is 0 Å². The summed E-state index contributed by atoms with van der Waals surface area (Å²) in [6, 6.07) is 21.4. The highest BCUT2D eigenvalue weighted by Gasteiger charge is 2.41. The number of amides is 1. The van der Waals surface area contributed by atoms with Crippen LogP contribution in [0.1, 0.15) is 41.6 Å². The number of benzene rings is 3. The molecular formula is C26H29N3O2. The maximum Gasteiger partial charge on any atom is 0.255 e. The minimum absolute atomic E-state index is 0.102. The van der Waals surface area contributed by atoms with E-state index in [0.717, 1.165) is 30.2 Å². The van der Waals surface area contributed by atoms with Gasteiger partial charge in [0.2, 0.25) is 0 Å². The number of carbonyl (C=O) groups excluding carboxylic acids is 1. The highest BCUT2D eigenvalue weighted by atomic mass is 16.5. The van der Waals surface area contributed by atoms with E-state index in [1.54, 1.807) is 13.2 Å². The first kappa shape index (κ1) is 19.9. The minimum Gasteiger partial charge on any atom is -0.495 e. The highest BCUT2D eigenvalue weighted by molar-refractivity contribution is 6.08. The third-order valence-corrected chi connectivity index (χ3v) is 6.90. The van der Waals surface area contributed by atoms with Gasteiger partial charge >= 0.3 is 0 Å². The van der Waals surface area contributed by atoms with Crippen molar-refractivity contribution >= 4 is 22.4 Å². The molecule has 0 saturated carbocycles. The second-order valence-corrected chi connectivity index (χ2v) is 8.78. The van der Waals surface area contributed by atoms with Crippen LogP contribution in [0.25, 0.3) is 10.8 Å². The van der Waals surface area contributed by atoms with Crippen LogP contribution in [-0.4, -0.2) is 36.0 Å². The molecule has 2 fully saturated rings. The van der Waals surface area contributed by atoms with Crippen molar-refractivity contribution in [3.8, 4) is 5.75 Å². The molecule has 2 aliphatic rings. The van der Waals surface area contributed by atoms with Crippen molar-refractivity contribution in [1.82, 2.24) is 10.2 Å². The lowest BCUT2D eigenvalue weighted by atomic mass is 9.95. The number of carbonyl (C=O) groups is 1. The SMILES string of the molecule is COc1c(C(=O)NC2CC3CCC(C2)N3Cc2ccccc2)cc(N)c2ccccc12. The molecule has 160 valence electrons. The number of hydrogen-bond donors (Lipinski definition) is 2. The Balaban J connectivity index is 1.32. The van der Waals surface area contributed by atoms with Gasteiger partial charge in [0.1, 0.15) is 5.75 Å². The number of nitrogens with one attached hydrogen (secondary N) is 1. The fraction of sp³-hybridized carbons (Fsp3) is 0.346. The molecule has 3 aromatic rings. The van der Waals surface area contributed by atoms with Crippen molar-refractivity contribution < 1.29 is 9.53 Å². The van der Waals surface area contributed by atoms with Gasteiger partial charge in [-0.1, -0.05) is 54.6 Å². The first-order valence-electron chi connectivity index (χ1n) is 11.1. The van der Waals surface area contributed by atoms with Crippen molar-refractivity contribution in [2.75, 3.05) is 12.8 Å². The van der Waals surface area contributed by atoms with Crippen LogP contribution in [0.4, 0.5) is 5.69 Å². The summed E-state index contributed by atoms with van der Waals surface area (Å²) in [5.41, 5.74) is 8.72. The van der Waals surface area contributed by atoms with Crippen LogP contribution in [0.5, 0.6) is 5.75 Å². The molecule has 2 saturated heterocycles. The number of nitrogens with zero attached hydrogens (tertiary/aromatic N) is 1. The summed E-state index contributed by atoms with van der Waals surface area (Å²) in [6.07, 6.45) is 4.38. The number of rotatable bonds is 5. The molecule has 5 heteroatoms. The van der Waals surface area contributed by atoms with Crippen LogP contribution < -0.4 is 15.8 Å². The second kappa shape index (κ2) is 8.23. The van der Waals surface area contributed by atoms with Crippen LogP contribution in [0, 0.1) is 0 Å². The van der Waals surface area contributed by atoms with Crippen LogP contribution in [0.2, 0.25) is 0 Å². The largest absolute Gasteiger partial charge is 0.495 e. The van der Waals surface area contributed by atoms with E-state index in [-0.39, 0.29) is 11.9 Å². The molecule has 2 atom stereocenters. The number of hydrogen-bond acceptors (Lipinski definition) is 4. The second-order valence-electron chi connectivity index (χ2n) is 8.78. The van der Waals surface area contributed by atoms with Gasteiger partial charge < -0.3 is 15.8 Å². The summed E-state index contributed by atoms with van der Waals surface area (Å²) in [6.45, 7) is 0.992. The van der Waals surface area contributed by atoms with Gasteiger partial charge in [0.25, 0.3) is 5.91 Å². The molecule has 31 heavy (non-hydrogen) atoms. The smallest absolute Gasteiger partial charge is 0.255 e. The molecule has 1 amide bonds. The average molecular weight is 416 g/mol. The Morgan fingerprint density at radius 2 is 1.68 bits per heavy atom. The Bertz CT molecular complexity index is 1080. The molecular weight excluding hydrogens is 386 g/mol. The quantitative estimate of drug-likeness (QED) is 0.608.